The summed E-state index contributed by atoms with van der Waals surface area (Å²) in [4.78, 5) is 29.4. The van der Waals surface area contributed by atoms with Gasteiger partial charge < -0.3 is 5.32 Å². The van der Waals surface area contributed by atoms with E-state index in [2.05, 4.69) is 40.1 Å². The average molecular weight is 431 g/mol. The number of allylic oxidation sites excluding steroid dienone is 1. The number of benzene rings is 1. The molecule has 0 spiro atoms. The van der Waals surface area contributed by atoms with Crippen LogP contribution in [0.4, 0.5) is 5.82 Å². The molecule has 0 aliphatic heterocycles. The van der Waals surface area contributed by atoms with Gasteiger partial charge in [-0.1, -0.05) is 35.8 Å². The van der Waals surface area contributed by atoms with Crippen molar-refractivity contribution in [2.45, 2.75) is 54.0 Å². The molecule has 5 heteroatoms. The van der Waals surface area contributed by atoms with Crippen LogP contribution in [0.5, 0.6) is 0 Å². The zero-order chi connectivity index (χ0) is 20.3. The number of pyridine rings is 1. The number of nitrogens with zero attached hydrogens (tertiary/aromatic N) is 1. The highest BCUT2D eigenvalue weighted by Gasteiger charge is 2.23. The van der Waals surface area contributed by atoms with E-state index in [1.807, 2.05) is 31.2 Å². The standard InChI is InChI=1S/C22H27BrN2O2/c1-12(2)9-20(22(27)15(5)14(4)16(6)26)25-21-10-13(3)18-8-7-17(23)11-19(18)24-21/h7-8,10-12,20H,9H2,1-6H3,(H,24,25)/b15-14-. The number of nitrogens with one attached hydrogen (secondary N) is 1. The lowest BCUT2D eigenvalue weighted by atomic mass is 9.93. The normalized spacial score (nSPS) is 13.5. The molecule has 1 aromatic heterocycles. The molecule has 0 aliphatic carbocycles. The summed E-state index contributed by atoms with van der Waals surface area (Å²) in [7, 11) is 0. The number of hydrogen-bond donors (Lipinski definition) is 1. The summed E-state index contributed by atoms with van der Waals surface area (Å²) in [5, 5.41) is 4.40. The fraction of sp³-hybridized carbons (Fsp3) is 0.409. The average Bonchev–Trinajstić information content (AvgIpc) is 2.58. The minimum Gasteiger partial charge on any atom is -0.360 e. The molecule has 0 saturated carbocycles. The number of aryl methyl sites for hydroxylation is 1. The summed E-state index contributed by atoms with van der Waals surface area (Å²) < 4.78 is 0.963. The number of rotatable bonds is 7. The van der Waals surface area contributed by atoms with E-state index in [9.17, 15) is 9.59 Å². The maximum atomic E-state index is 13.0. The van der Waals surface area contributed by atoms with E-state index < -0.39 is 6.04 Å². The molecule has 0 amide bonds. The van der Waals surface area contributed by atoms with Crippen molar-refractivity contribution in [3.05, 3.63) is 45.4 Å². The highest BCUT2D eigenvalue weighted by molar-refractivity contribution is 9.10. The van der Waals surface area contributed by atoms with Crippen molar-refractivity contribution in [1.82, 2.24) is 4.98 Å². The fourth-order valence-electron chi connectivity index (χ4n) is 3.04. The predicted molar refractivity (Wildman–Crippen MR) is 115 cm³/mol. The Bertz CT molecular complexity index is 916. The van der Waals surface area contributed by atoms with Crippen LogP contribution in [-0.2, 0) is 9.59 Å². The second-order valence-electron chi connectivity index (χ2n) is 7.48. The van der Waals surface area contributed by atoms with E-state index >= 15 is 0 Å². The molecule has 1 aromatic carbocycles. The van der Waals surface area contributed by atoms with Crippen molar-refractivity contribution in [3.63, 3.8) is 0 Å². The number of carbonyl (C=O) groups is 2. The van der Waals surface area contributed by atoms with Crippen LogP contribution >= 0.6 is 15.9 Å². The van der Waals surface area contributed by atoms with E-state index in [1.165, 1.54) is 6.92 Å². The minimum atomic E-state index is -0.421. The lowest BCUT2D eigenvalue weighted by Crippen LogP contribution is -2.32. The van der Waals surface area contributed by atoms with Gasteiger partial charge in [-0.25, -0.2) is 4.98 Å². The number of carbonyl (C=O) groups excluding carboxylic acids is 2. The zero-order valence-corrected chi connectivity index (χ0v) is 18.4. The molecule has 2 aromatic rings. The molecule has 0 bridgehead atoms. The van der Waals surface area contributed by atoms with Gasteiger partial charge in [0.15, 0.2) is 11.6 Å². The highest BCUT2D eigenvalue weighted by Crippen LogP contribution is 2.25. The van der Waals surface area contributed by atoms with Crippen molar-refractivity contribution in [2.75, 3.05) is 5.32 Å². The Morgan fingerprint density at radius 1 is 1.11 bits per heavy atom. The van der Waals surface area contributed by atoms with Gasteiger partial charge >= 0.3 is 0 Å². The van der Waals surface area contributed by atoms with Crippen LogP contribution in [0.15, 0.2) is 39.9 Å². The molecule has 1 atom stereocenters. The minimum absolute atomic E-state index is 0.0507. The summed E-state index contributed by atoms with van der Waals surface area (Å²) in [6.07, 6.45) is 0.665. The van der Waals surface area contributed by atoms with Gasteiger partial charge in [0.25, 0.3) is 0 Å². The summed E-state index contributed by atoms with van der Waals surface area (Å²) in [6, 6.07) is 7.54. The Hall–Kier alpha value is -2.01. The molecule has 2 rings (SSSR count). The maximum Gasteiger partial charge on any atom is 0.181 e. The molecule has 144 valence electrons. The second kappa shape index (κ2) is 8.79. The molecule has 1 heterocycles. The molecular formula is C22H27BrN2O2. The number of fused-ring (bicyclic) bond motifs is 1. The van der Waals surface area contributed by atoms with E-state index in [-0.39, 0.29) is 11.6 Å². The molecule has 0 aliphatic rings. The first-order valence-corrected chi connectivity index (χ1v) is 9.95. The molecule has 1 N–H and O–H groups in total. The predicted octanol–water partition coefficient (Wildman–Crippen LogP) is 5.63. The van der Waals surface area contributed by atoms with Crippen LogP contribution in [0.2, 0.25) is 0 Å². The third-order valence-corrected chi connectivity index (χ3v) is 5.28. The van der Waals surface area contributed by atoms with Crippen LogP contribution in [-0.4, -0.2) is 22.6 Å². The topological polar surface area (TPSA) is 59.1 Å². The first kappa shape index (κ1) is 21.3. The number of anilines is 1. The van der Waals surface area contributed by atoms with Gasteiger partial charge in [0.2, 0.25) is 0 Å². The van der Waals surface area contributed by atoms with Crippen LogP contribution in [0.1, 0.15) is 46.6 Å². The van der Waals surface area contributed by atoms with Gasteiger partial charge in [-0.3, -0.25) is 9.59 Å². The lowest BCUT2D eigenvalue weighted by molar-refractivity contribution is -0.118. The van der Waals surface area contributed by atoms with Gasteiger partial charge in [-0.05, 0) is 69.4 Å². The zero-order valence-electron chi connectivity index (χ0n) is 16.8. The van der Waals surface area contributed by atoms with Crippen LogP contribution in [0.25, 0.3) is 10.9 Å². The number of halogens is 1. The molecule has 0 saturated heterocycles. The largest absolute Gasteiger partial charge is 0.360 e. The Kier molecular flexibility index (Phi) is 6.93. The number of aromatic nitrogens is 1. The summed E-state index contributed by atoms with van der Waals surface area (Å²) >= 11 is 3.48. The molecule has 27 heavy (non-hydrogen) atoms. The smallest absolute Gasteiger partial charge is 0.181 e. The monoisotopic (exact) mass is 430 g/mol. The van der Waals surface area contributed by atoms with Crippen molar-refractivity contribution < 1.29 is 9.59 Å². The van der Waals surface area contributed by atoms with E-state index in [4.69, 9.17) is 0 Å². The molecule has 1 unspecified atom stereocenters. The van der Waals surface area contributed by atoms with Gasteiger partial charge in [0.05, 0.1) is 11.6 Å². The highest BCUT2D eigenvalue weighted by atomic mass is 79.9. The Morgan fingerprint density at radius 3 is 2.37 bits per heavy atom. The van der Waals surface area contributed by atoms with Gasteiger partial charge in [-0.15, -0.1) is 0 Å². The van der Waals surface area contributed by atoms with Crippen molar-refractivity contribution in [2.24, 2.45) is 5.92 Å². The number of hydrogen-bond acceptors (Lipinski definition) is 4. The first-order chi connectivity index (χ1) is 12.6. The Labute approximate surface area is 169 Å². The van der Waals surface area contributed by atoms with E-state index in [0.29, 0.717) is 29.3 Å². The maximum absolute atomic E-state index is 13.0. The van der Waals surface area contributed by atoms with E-state index in [1.54, 1.807) is 13.8 Å². The van der Waals surface area contributed by atoms with Gasteiger partial charge in [0.1, 0.15) is 5.82 Å². The SMILES string of the molecule is CC(=O)/C(C)=C(/C)C(=O)C(CC(C)C)Nc1cc(C)c2ccc(Br)cc2n1. The third kappa shape index (κ3) is 5.25. The Morgan fingerprint density at radius 2 is 1.78 bits per heavy atom. The summed E-state index contributed by atoms with van der Waals surface area (Å²) in [5.74, 6) is 0.872. The first-order valence-electron chi connectivity index (χ1n) is 9.16. The molecule has 0 fully saturated rings. The number of ketones is 2. The van der Waals surface area contributed by atoms with E-state index in [0.717, 1.165) is 20.9 Å². The van der Waals surface area contributed by atoms with Crippen molar-refractivity contribution >= 4 is 44.2 Å². The van der Waals surface area contributed by atoms with Crippen molar-refractivity contribution in [1.29, 1.82) is 0 Å². The molecule has 4 nitrogen and oxygen atoms in total. The van der Waals surface area contributed by atoms with Crippen LogP contribution < -0.4 is 5.32 Å². The number of Topliss-reactive ketones (excluding diaryl/α,β-unsaturated/α-hetero) is 2. The Balaban J connectivity index is 2.41. The molecular weight excluding hydrogens is 404 g/mol. The lowest BCUT2D eigenvalue weighted by Gasteiger charge is -2.22. The second-order valence-corrected chi connectivity index (χ2v) is 8.40. The van der Waals surface area contributed by atoms with Gasteiger partial charge in [0, 0.05) is 15.4 Å². The quantitative estimate of drug-likeness (QED) is 0.578. The third-order valence-electron chi connectivity index (χ3n) is 4.78. The molecule has 0 radical (unpaired) electrons. The van der Waals surface area contributed by atoms with Crippen LogP contribution in [0.3, 0.4) is 0 Å². The van der Waals surface area contributed by atoms with Gasteiger partial charge in [-0.2, -0.15) is 0 Å². The summed E-state index contributed by atoms with van der Waals surface area (Å²) in [5.41, 5.74) is 3.00. The fourth-order valence-corrected chi connectivity index (χ4v) is 3.39. The summed E-state index contributed by atoms with van der Waals surface area (Å²) in [6.45, 7) is 11.1. The van der Waals surface area contributed by atoms with Crippen LogP contribution in [0, 0.1) is 12.8 Å². The van der Waals surface area contributed by atoms with Crippen molar-refractivity contribution in [3.8, 4) is 0 Å².